The van der Waals surface area contributed by atoms with Crippen molar-refractivity contribution in [3.8, 4) is 17.7 Å². The molecule has 1 fully saturated rings. The maximum atomic E-state index is 12.5. The molecular formula is C20H22N4O2. The molecule has 0 bridgehead atoms. The zero-order chi connectivity index (χ0) is 18.6. The third kappa shape index (κ3) is 4.19. The minimum atomic E-state index is -0.310. The van der Waals surface area contributed by atoms with Gasteiger partial charge < -0.3 is 15.4 Å². The van der Waals surface area contributed by atoms with E-state index in [1.165, 1.54) is 6.20 Å². The van der Waals surface area contributed by atoms with Crippen LogP contribution in [-0.2, 0) is 0 Å². The molecule has 0 saturated carbocycles. The van der Waals surface area contributed by atoms with E-state index in [-0.39, 0.29) is 17.5 Å². The molecule has 6 heteroatoms. The summed E-state index contributed by atoms with van der Waals surface area (Å²) in [6, 6.07) is 12.5. The van der Waals surface area contributed by atoms with Gasteiger partial charge >= 0.3 is 0 Å². The number of benzene rings is 1. The van der Waals surface area contributed by atoms with Crippen LogP contribution in [0.5, 0.6) is 11.6 Å². The smallest absolute Gasteiger partial charge is 0.251 e. The lowest BCUT2D eigenvalue weighted by Gasteiger charge is -2.33. The molecule has 2 aromatic rings. The number of rotatable bonds is 5. The average Bonchev–Trinajstić information content (AvgIpc) is 3.18. The van der Waals surface area contributed by atoms with Crippen molar-refractivity contribution in [1.82, 2.24) is 15.6 Å². The lowest BCUT2D eigenvalue weighted by atomic mass is 9.93. The van der Waals surface area contributed by atoms with Crippen LogP contribution in [0.2, 0.25) is 0 Å². The number of nitriles is 1. The Bertz CT molecular complexity index is 801. The Labute approximate surface area is 153 Å². The summed E-state index contributed by atoms with van der Waals surface area (Å²) in [6.07, 6.45) is 3.66. The molecule has 3 rings (SSSR count). The quantitative estimate of drug-likeness (QED) is 0.865. The Morgan fingerprint density at radius 1 is 1.31 bits per heavy atom. The van der Waals surface area contributed by atoms with E-state index in [0.29, 0.717) is 22.8 Å². The molecule has 1 unspecified atom stereocenters. The van der Waals surface area contributed by atoms with Crippen LogP contribution in [0.4, 0.5) is 0 Å². The summed E-state index contributed by atoms with van der Waals surface area (Å²) in [4.78, 5) is 16.6. The summed E-state index contributed by atoms with van der Waals surface area (Å²) in [5, 5.41) is 15.3. The molecule has 1 aliphatic rings. The van der Waals surface area contributed by atoms with Gasteiger partial charge in [-0.1, -0.05) is 0 Å². The first-order valence-electron chi connectivity index (χ1n) is 8.68. The van der Waals surface area contributed by atoms with Crippen molar-refractivity contribution in [2.45, 2.75) is 38.3 Å². The molecule has 6 nitrogen and oxygen atoms in total. The predicted octanol–water partition coefficient (Wildman–Crippen LogP) is 3.01. The molecule has 1 aromatic heterocycles. The maximum Gasteiger partial charge on any atom is 0.251 e. The van der Waals surface area contributed by atoms with Gasteiger partial charge in [-0.2, -0.15) is 5.26 Å². The molecule has 134 valence electrons. The highest BCUT2D eigenvalue weighted by atomic mass is 16.5. The molecule has 2 heterocycles. The van der Waals surface area contributed by atoms with Crippen molar-refractivity contribution in [3.63, 3.8) is 0 Å². The third-order valence-corrected chi connectivity index (χ3v) is 4.57. The second-order valence-corrected chi connectivity index (χ2v) is 6.95. The first-order chi connectivity index (χ1) is 12.5. The summed E-state index contributed by atoms with van der Waals surface area (Å²) in [5.74, 6) is 0.872. The van der Waals surface area contributed by atoms with E-state index < -0.39 is 0 Å². The highest BCUT2D eigenvalue weighted by Gasteiger charge is 2.33. The number of amides is 1. The minimum Gasteiger partial charge on any atom is -0.439 e. The number of nitrogens with zero attached hydrogens (tertiary/aromatic N) is 2. The zero-order valence-electron chi connectivity index (χ0n) is 15.0. The van der Waals surface area contributed by atoms with Crippen LogP contribution >= 0.6 is 0 Å². The van der Waals surface area contributed by atoms with Gasteiger partial charge in [0.05, 0.1) is 5.56 Å². The van der Waals surface area contributed by atoms with Gasteiger partial charge in [0.15, 0.2) is 0 Å². The zero-order valence-corrected chi connectivity index (χ0v) is 15.0. The maximum absolute atomic E-state index is 12.5. The second kappa shape index (κ2) is 7.54. The number of hydrogen-bond donors (Lipinski definition) is 2. The number of pyridine rings is 1. The molecule has 1 saturated heterocycles. The number of carbonyl (C=O) groups is 1. The van der Waals surface area contributed by atoms with Gasteiger partial charge in [0.1, 0.15) is 11.8 Å². The van der Waals surface area contributed by atoms with Crippen LogP contribution in [0.25, 0.3) is 0 Å². The van der Waals surface area contributed by atoms with Crippen LogP contribution in [0.15, 0.2) is 42.6 Å². The molecule has 0 aliphatic carbocycles. The largest absolute Gasteiger partial charge is 0.439 e. The Hall–Kier alpha value is -2.91. The Balaban J connectivity index is 1.62. The van der Waals surface area contributed by atoms with Crippen LogP contribution in [0.3, 0.4) is 0 Å². The monoisotopic (exact) mass is 350 g/mol. The van der Waals surface area contributed by atoms with Crippen LogP contribution < -0.4 is 15.4 Å². The lowest BCUT2D eigenvalue weighted by Crippen LogP contribution is -2.55. The summed E-state index contributed by atoms with van der Waals surface area (Å²) in [5.41, 5.74) is 0.745. The highest BCUT2D eigenvalue weighted by Crippen LogP contribution is 2.22. The molecule has 0 radical (unpaired) electrons. The van der Waals surface area contributed by atoms with E-state index in [9.17, 15) is 4.79 Å². The Morgan fingerprint density at radius 2 is 2.08 bits per heavy atom. The fraction of sp³-hybridized carbons (Fsp3) is 0.350. The number of nitrogens with one attached hydrogen (secondary N) is 2. The molecule has 1 aromatic carbocycles. The number of ether oxygens (including phenoxy) is 1. The van der Waals surface area contributed by atoms with Gasteiger partial charge in [-0.25, -0.2) is 4.98 Å². The van der Waals surface area contributed by atoms with Gasteiger partial charge in [-0.15, -0.1) is 0 Å². The topological polar surface area (TPSA) is 87.0 Å². The van der Waals surface area contributed by atoms with E-state index in [4.69, 9.17) is 10.00 Å². The molecule has 1 amide bonds. The summed E-state index contributed by atoms with van der Waals surface area (Å²) in [6.45, 7) is 5.09. The van der Waals surface area contributed by atoms with Gasteiger partial charge in [0.25, 0.3) is 5.91 Å². The van der Waals surface area contributed by atoms with Gasteiger partial charge in [-0.05, 0) is 63.6 Å². The van der Waals surface area contributed by atoms with Crippen molar-refractivity contribution in [2.24, 2.45) is 0 Å². The summed E-state index contributed by atoms with van der Waals surface area (Å²) >= 11 is 0. The highest BCUT2D eigenvalue weighted by molar-refractivity contribution is 5.94. The van der Waals surface area contributed by atoms with Crippen molar-refractivity contribution in [2.75, 3.05) is 6.54 Å². The fourth-order valence-electron chi connectivity index (χ4n) is 3.05. The standard InChI is InChI=1S/C20H22N4O2/c1-20(2,17-4-3-11-22-17)24-19(25)15-6-8-16(9-7-15)26-18-10-5-14(12-21)13-23-18/h5-10,13,17,22H,3-4,11H2,1-2H3,(H,24,25). The first kappa shape index (κ1) is 17.9. The summed E-state index contributed by atoms with van der Waals surface area (Å²) < 4.78 is 5.63. The van der Waals surface area contributed by atoms with E-state index in [1.807, 2.05) is 19.9 Å². The van der Waals surface area contributed by atoms with Crippen LogP contribution in [-0.4, -0.2) is 29.0 Å². The number of hydrogen-bond acceptors (Lipinski definition) is 5. The molecule has 1 aliphatic heterocycles. The SMILES string of the molecule is CC(C)(NC(=O)c1ccc(Oc2ccc(C#N)cn2)cc1)C1CCCN1. The van der Waals surface area contributed by atoms with E-state index in [0.717, 1.165) is 19.4 Å². The Morgan fingerprint density at radius 3 is 2.65 bits per heavy atom. The Kier molecular flexibility index (Phi) is 5.19. The molecule has 0 spiro atoms. The van der Waals surface area contributed by atoms with Gasteiger partial charge in [0, 0.05) is 29.4 Å². The van der Waals surface area contributed by atoms with E-state index in [1.54, 1.807) is 36.4 Å². The molecule has 1 atom stereocenters. The van der Waals surface area contributed by atoms with Crippen molar-refractivity contribution >= 4 is 5.91 Å². The number of carbonyl (C=O) groups excluding carboxylic acids is 1. The summed E-state index contributed by atoms with van der Waals surface area (Å²) in [7, 11) is 0. The normalized spacial score (nSPS) is 16.7. The second-order valence-electron chi connectivity index (χ2n) is 6.95. The number of aromatic nitrogens is 1. The van der Waals surface area contributed by atoms with Crippen LogP contribution in [0, 0.1) is 11.3 Å². The van der Waals surface area contributed by atoms with Crippen LogP contribution in [0.1, 0.15) is 42.6 Å². The lowest BCUT2D eigenvalue weighted by molar-refractivity contribution is 0.0896. The molecule has 26 heavy (non-hydrogen) atoms. The minimum absolute atomic E-state index is 0.105. The van der Waals surface area contributed by atoms with Gasteiger partial charge in [-0.3, -0.25) is 4.79 Å². The average molecular weight is 350 g/mol. The molecule has 2 N–H and O–H groups in total. The van der Waals surface area contributed by atoms with E-state index >= 15 is 0 Å². The van der Waals surface area contributed by atoms with Gasteiger partial charge in [0.2, 0.25) is 5.88 Å². The first-order valence-corrected chi connectivity index (χ1v) is 8.68. The van der Waals surface area contributed by atoms with Crippen molar-refractivity contribution in [3.05, 3.63) is 53.7 Å². The van der Waals surface area contributed by atoms with Crippen molar-refractivity contribution in [1.29, 1.82) is 5.26 Å². The fourth-order valence-corrected chi connectivity index (χ4v) is 3.05. The van der Waals surface area contributed by atoms with E-state index in [2.05, 4.69) is 15.6 Å². The predicted molar refractivity (Wildman–Crippen MR) is 98.0 cm³/mol. The van der Waals surface area contributed by atoms with Crippen molar-refractivity contribution < 1.29 is 9.53 Å². The third-order valence-electron chi connectivity index (χ3n) is 4.57. The molecular weight excluding hydrogens is 328 g/mol.